The molecule has 0 fully saturated rings. The lowest BCUT2D eigenvalue weighted by Crippen LogP contribution is -2.29. The van der Waals surface area contributed by atoms with E-state index in [2.05, 4.69) is 26.1 Å². The molecule has 3 heteroatoms. The summed E-state index contributed by atoms with van der Waals surface area (Å²) in [5.74, 6) is 1.56. The molecule has 102 valence electrons. The van der Waals surface area contributed by atoms with E-state index in [1.807, 2.05) is 24.3 Å². The third-order valence-electron chi connectivity index (χ3n) is 2.68. The van der Waals surface area contributed by atoms with Crippen molar-refractivity contribution in [2.75, 3.05) is 20.2 Å². The largest absolute Gasteiger partial charge is 0.497 e. The van der Waals surface area contributed by atoms with Crippen molar-refractivity contribution in [2.45, 2.75) is 33.5 Å². The lowest BCUT2D eigenvalue weighted by molar-refractivity contribution is 0.0528. The maximum atomic E-state index is 5.78. The van der Waals surface area contributed by atoms with Gasteiger partial charge in [-0.3, -0.25) is 0 Å². The van der Waals surface area contributed by atoms with Gasteiger partial charge in [0.1, 0.15) is 5.75 Å². The number of hydrogen-bond donors (Lipinski definition) is 1. The van der Waals surface area contributed by atoms with Crippen molar-refractivity contribution < 1.29 is 9.47 Å². The molecule has 0 saturated carbocycles. The number of rotatable bonds is 8. The third-order valence-corrected chi connectivity index (χ3v) is 2.68. The van der Waals surface area contributed by atoms with Crippen LogP contribution in [-0.2, 0) is 11.3 Å². The van der Waals surface area contributed by atoms with Crippen molar-refractivity contribution in [3.63, 3.8) is 0 Å². The Kier molecular flexibility index (Phi) is 6.76. The summed E-state index contributed by atoms with van der Waals surface area (Å²) in [7, 11) is 1.67. The highest BCUT2D eigenvalue weighted by molar-refractivity contribution is 5.26. The Hall–Kier alpha value is -1.06. The molecule has 0 spiro atoms. The predicted octanol–water partition coefficient (Wildman–Crippen LogP) is 2.85. The van der Waals surface area contributed by atoms with Crippen LogP contribution in [0.25, 0.3) is 0 Å². The van der Waals surface area contributed by atoms with Gasteiger partial charge >= 0.3 is 0 Å². The molecule has 0 saturated heterocycles. The maximum Gasteiger partial charge on any atom is 0.118 e. The average molecular weight is 251 g/mol. The number of methoxy groups -OCH3 is 1. The van der Waals surface area contributed by atoms with Crippen LogP contribution in [-0.4, -0.2) is 26.3 Å². The van der Waals surface area contributed by atoms with Gasteiger partial charge in [0, 0.05) is 6.54 Å². The number of nitrogens with one attached hydrogen (secondary N) is 1. The van der Waals surface area contributed by atoms with Gasteiger partial charge in [0.25, 0.3) is 0 Å². The van der Waals surface area contributed by atoms with Crippen LogP contribution in [0.5, 0.6) is 5.75 Å². The minimum absolute atomic E-state index is 0.228. The molecule has 1 aromatic rings. The van der Waals surface area contributed by atoms with Crippen molar-refractivity contribution >= 4 is 0 Å². The monoisotopic (exact) mass is 251 g/mol. The minimum atomic E-state index is 0.228. The second kappa shape index (κ2) is 8.11. The lowest BCUT2D eigenvalue weighted by Gasteiger charge is -2.15. The summed E-state index contributed by atoms with van der Waals surface area (Å²) in [6.07, 6.45) is 0.228. The first-order valence-corrected chi connectivity index (χ1v) is 6.57. The van der Waals surface area contributed by atoms with Crippen LogP contribution in [0, 0.1) is 5.92 Å². The second-order valence-electron chi connectivity index (χ2n) is 5.02. The van der Waals surface area contributed by atoms with E-state index < -0.39 is 0 Å². The van der Waals surface area contributed by atoms with Gasteiger partial charge in [-0.05, 0) is 37.1 Å². The molecule has 0 amide bonds. The van der Waals surface area contributed by atoms with E-state index in [4.69, 9.17) is 9.47 Å². The van der Waals surface area contributed by atoms with Crippen LogP contribution < -0.4 is 10.1 Å². The van der Waals surface area contributed by atoms with Crippen LogP contribution in [0.4, 0.5) is 0 Å². The topological polar surface area (TPSA) is 30.5 Å². The Morgan fingerprint density at radius 3 is 2.28 bits per heavy atom. The standard InChI is InChI=1S/C15H25NO2/c1-12(2)9-16-10-13(3)18-11-14-5-7-15(17-4)8-6-14/h5-8,12-13,16H,9-11H2,1-4H3. The van der Waals surface area contributed by atoms with E-state index >= 15 is 0 Å². The van der Waals surface area contributed by atoms with Crippen LogP contribution in [0.15, 0.2) is 24.3 Å². The van der Waals surface area contributed by atoms with Gasteiger partial charge < -0.3 is 14.8 Å². The van der Waals surface area contributed by atoms with Crippen LogP contribution in [0.3, 0.4) is 0 Å². The smallest absolute Gasteiger partial charge is 0.118 e. The molecular weight excluding hydrogens is 226 g/mol. The van der Waals surface area contributed by atoms with Crippen molar-refractivity contribution in [1.29, 1.82) is 0 Å². The summed E-state index contributed by atoms with van der Waals surface area (Å²) in [6.45, 7) is 9.09. The molecule has 1 atom stereocenters. The molecule has 0 radical (unpaired) electrons. The van der Waals surface area contributed by atoms with E-state index in [1.54, 1.807) is 7.11 Å². The summed E-state index contributed by atoms with van der Waals surface area (Å²) in [5, 5.41) is 3.39. The van der Waals surface area contributed by atoms with Crippen molar-refractivity contribution in [3.05, 3.63) is 29.8 Å². The summed E-state index contributed by atoms with van der Waals surface area (Å²) >= 11 is 0. The molecule has 0 aliphatic rings. The molecule has 0 aliphatic heterocycles. The lowest BCUT2D eigenvalue weighted by atomic mass is 10.2. The van der Waals surface area contributed by atoms with Crippen molar-refractivity contribution in [3.8, 4) is 5.75 Å². The normalized spacial score (nSPS) is 12.7. The zero-order chi connectivity index (χ0) is 13.4. The van der Waals surface area contributed by atoms with Gasteiger partial charge in [0.15, 0.2) is 0 Å². The molecule has 0 aromatic heterocycles. The molecule has 1 unspecified atom stereocenters. The molecule has 3 nitrogen and oxygen atoms in total. The third kappa shape index (κ3) is 6.03. The van der Waals surface area contributed by atoms with Gasteiger partial charge in [-0.25, -0.2) is 0 Å². The molecule has 18 heavy (non-hydrogen) atoms. The highest BCUT2D eigenvalue weighted by atomic mass is 16.5. The molecule has 1 rings (SSSR count). The van der Waals surface area contributed by atoms with E-state index in [9.17, 15) is 0 Å². The fourth-order valence-corrected chi connectivity index (χ4v) is 1.59. The summed E-state index contributed by atoms with van der Waals surface area (Å²) in [6, 6.07) is 7.99. The molecular formula is C15H25NO2. The Morgan fingerprint density at radius 2 is 1.72 bits per heavy atom. The van der Waals surface area contributed by atoms with Crippen molar-refractivity contribution in [2.24, 2.45) is 5.92 Å². The molecule has 0 bridgehead atoms. The number of hydrogen-bond acceptors (Lipinski definition) is 3. The first kappa shape index (κ1) is 15.0. The Bertz CT molecular complexity index is 322. The van der Waals surface area contributed by atoms with Crippen molar-refractivity contribution in [1.82, 2.24) is 5.32 Å². The van der Waals surface area contributed by atoms with Crippen LogP contribution in [0.1, 0.15) is 26.3 Å². The zero-order valence-electron chi connectivity index (χ0n) is 11.9. The highest BCUT2D eigenvalue weighted by Gasteiger charge is 2.03. The summed E-state index contributed by atoms with van der Waals surface area (Å²) in [5.41, 5.74) is 1.17. The molecule has 0 aliphatic carbocycles. The number of ether oxygens (including phenoxy) is 2. The SMILES string of the molecule is COc1ccc(COC(C)CNCC(C)C)cc1. The molecule has 1 aromatic carbocycles. The van der Waals surface area contributed by atoms with Crippen LogP contribution in [0.2, 0.25) is 0 Å². The Balaban J connectivity index is 2.22. The van der Waals surface area contributed by atoms with Gasteiger partial charge in [0.05, 0.1) is 19.8 Å². The van der Waals surface area contributed by atoms with E-state index in [-0.39, 0.29) is 6.10 Å². The highest BCUT2D eigenvalue weighted by Crippen LogP contribution is 2.12. The molecule has 1 N–H and O–H groups in total. The maximum absolute atomic E-state index is 5.78. The fourth-order valence-electron chi connectivity index (χ4n) is 1.59. The van der Waals surface area contributed by atoms with E-state index in [0.717, 1.165) is 18.8 Å². The van der Waals surface area contributed by atoms with Crippen LogP contribution >= 0.6 is 0 Å². The second-order valence-corrected chi connectivity index (χ2v) is 5.02. The van der Waals surface area contributed by atoms with Gasteiger partial charge in [0.2, 0.25) is 0 Å². The quantitative estimate of drug-likeness (QED) is 0.770. The van der Waals surface area contributed by atoms with Gasteiger partial charge in [-0.15, -0.1) is 0 Å². The summed E-state index contributed by atoms with van der Waals surface area (Å²) in [4.78, 5) is 0. The Labute approximate surface area is 110 Å². The van der Waals surface area contributed by atoms with E-state index in [0.29, 0.717) is 12.5 Å². The van der Waals surface area contributed by atoms with Gasteiger partial charge in [-0.2, -0.15) is 0 Å². The first-order chi connectivity index (χ1) is 8.61. The zero-order valence-corrected chi connectivity index (χ0v) is 11.9. The van der Waals surface area contributed by atoms with E-state index in [1.165, 1.54) is 5.56 Å². The average Bonchev–Trinajstić information content (AvgIpc) is 2.36. The predicted molar refractivity (Wildman–Crippen MR) is 75.0 cm³/mol. The fraction of sp³-hybridized carbons (Fsp3) is 0.600. The first-order valence-electron chi connectivity index (χ1n) is 6.57. The minimum Gasteiger partial charge on any atom is -0.497 e. The molecule has 0 heterocycles. The Morgan fingerprint density at radius 1 is 1.06 bits per heavy atom. The summed E-state index contributed by atoms with van der Waals surface area (Å²) < 4.78 is 10.9. The van der Waals surface area contributed by atoms with Gasteiger partial charge in [-0.1, -0.05) is 26.0 Å². The number of benzene rings is 1.